The first-order valence-electron chi connectivity index (χ1n) is 4.52. The van der Waals surface area contributed by atoms with Crippen molar-refractivity contribution in [2.24, 2.45) is 0 Å². The number of aryl methyl sites for hydroxylation is 2. The summed E-state index contributed by atoms with van der Waals surface area (Å²) in [5.41, 5.74) is 2.68. The lowest BCUT2D eigenvalue weighted by molar-refractivity contribution is 1.20. The molecule has 0 amide bonds. The fourth-order valence-electron chi connectivity index (χ4n) is 1.06. The minimum Gasteiger partial charge on any atom is -0.262 e. The molecule has 1 aromatic carbocycles. The molecule has 2 nitrogen and oxygen atoms in total. The van der Waals surface area contributed by atoms with Gasteiger partial charge in [-0.05, 0) is 13.8 Å². The van der Waals surface area contributed by atoms with E-state index >= 15 is 0 Å². The molecule has 0 saturated carbocycles. The average Bonchev–Trinajstić information content (AvgIpc) is 2.21. The highest BCUT2D eigenvalue weighted by Crippen LogP contribution is 2.00. The van der Waals surface area contributed by atoms with Crippen LogP contribution in [0.2, 0.25) is 0 Å². The smallest absolute Gasteiger partial charge is 0.0451 e. The fraction of sp³-hybridized carbons (Fsp3) is 0.167. The van der Waals surface area contributed by atoms with Gasteiger partial charge in [-0.2, -0.15) is 0 Å². The van der Waals surface area contributed by atoms with E-state index in [1.165, 1.54) is 11.1 Å². The molecule has 2 rings (SSSR count). The maximum atomic E-state index is 3.72. The van der Waals surface area contributed by atoms with Gasteiger partial charge in [-0.15, -0.1) is 0 Å². The molecule has 0 aliphatic heterocycles. The van der Waals surface area contributed by atoms with Crippen LogP contribution in [0.4, 0.5) is 0 Å². The molecule has 0 unspecified atom stereocenters. The van der Waals surface area contributed by atoms with Crippen LogP contribution in [-0.2, 0) is 0 Å². The second kappa shape index (κ2) is 5.86. The molecule has 72 valence electrons. The first-order chi connectivity index (χ1) is 6.79. The number of hydrogen-bond acceptors (Lipinski definition) is 2. The second-order valence-electron chi connectivity index (χ2n) is 3.05. The van der Waals surface area contributed by atoms with Gasteiger partial charge in [-0.3, -0.25) is 9.97 Å². The number of aromatic nitrogens is 2. The van der Waals surface area contributed by atoms with Crippen LogP contribution in [0.3, 0.4) is 0 Å². The molecule has 14 heavy (non-hydrogen) atoms. The van der Waals surface area contributed by atoms with E-state index in [2.05, 4.69) is 48.1 Å². The van der Waals surface area contributed by atoms with Gasteiger partial charge in [0.2, 0.25) is 0 Å². The van der Waals surface area contributed by atoms with E-state index in [1.807, 2.05) is 0 Å². The van der Waals surface area contributed by atoms with E-state index in [0.717, 1.165) is 0 Å². The Balaban J connectivity index is 0.000000146. The number of nitrogens with zero attached hydrogens (tertiary/aromatic N) is 2. The molecule has 0 radical (unpaired) electrons. The minimum absolute atomic E-state index is 1.34. The predicted octanol–water partition coefficient (Wildman–Crippen LogP) is 2.78. The van der Waals surface area contributed by atoms with E-state index in [-0.39, 0.29) is 0 Å². The molecule has 0 atom stereocenters. The molecule has 0 bridgehead atoms. The molecule has 0 aliphatic rings. The van der Waals surface area contributed by atoms with Crippen LogP contribution in [0.1, 0.15) is 11.1 Å². The number of benzene rings is 1. The minimum atomic E-state index is 1.34. The topological polar surface area (TPSA) is 25.8 Å². The highest BCUT2D eigenvalue weighted by Gasteiger charge is 1.80. The van der Waals surface area contributed by atoms with Crippen molar-refractivity contribution in [2.75, 3.05) is 0 Å². The second-order valence-corrected chi connectivity index (χ2v) is 3.05. The SMILES string of the molecule is Cc1cccc(C)c1.c1cnccn1. The molecule has 1 aromatic heterocycles. The largest absolute Gasteiger partial charge is 0.262 e. The van der Waals surface area contributed by atoms with E-state index in [0.29, 0.717) is 0 Å². The van der Waals surface area contributed by atoms with Gasteiger partial charge in [0.15, 0.2) is 0 Å². The first-order valence-corrected chi connectivity index (χ1v) is 4.52. The summed E-state index contributed by atoms with van der Waals surface area (Å²) in [5.74, 6) is 0. The third-order valence-corrected chi connectivity index (χ3v) is 1.65. The molecular formula is C12H14N2. The van der Waals surface area contributed by atoms with E-state index in [1.54, 1.807) is 24.8 Å². The van der Waals surface area contributed by atoms with E-state index in [9.17, 15) is 0 Å². The standard InChI is InChI=1S/C8H10.C4H4N2/c1-7-4-3-5-8(2)6-7;1-2-6-4-3-5-1/h3-6H,1-2H3;1-4H. The summed E-state index contributed by atoms with van der Waals surface area (Å²) in [5, 5.41) is 0. The monoisotopic (exact) mass is 186 g/mol. The lowest BCUT2D eigenvalue weighted by Gasteiger charge is -1.90. The zero-order valence-corrected chi connectivity index (χ0v) is 8.51. The van der Waals surface area contributed by atoms with Crippen molar-refractivity contribution in [3.8, 4) is 0 Å². The Labute approximate surface area is 84.7 Å². The summed E-state index contributed by atoms with van der Waals surface area (Å²) in [4.78, 5) is 7.44. The Hall–Kier alpha value is -1.70. The molecular weight excluding hydrogens is 172 g/mol. The van der Waals surface area contributed by atoms with Crippen molar-refractivity contribution in [3.63, 3.8) is 0 Å². The van der Waals surface area contributed by atoms with Gasteiger partial charge >= 0.3 is 0 Å². The Morgan fingerprint density at radius 2 is 1.21 bits per heavy atom. The Morgan fingerprint density at radius 3 is 1.43 bits per heavy atom. The Bertz CT molecular complexity index is 314. The van der Waals surface area contributed by atoms with E-state index in [4.69, 9.17) is 0 Å². The van der Waals surface area contributed by atoms with Crippen LogP contribution >= 0.6 is 0 Å². The van der Waals surface area contributed by atoms with Crippen molar-refractivity contribution < 1.29 is 0 Å². The lowest BCUT2D eigenvalue weighted by Crippen LogP contribution is -1.71. The third kappa shape index (κ3) is 4.36. The lowest BCUT2D eigenvalue weighted by atomic mass is 10.2. The molecule has 1 heterocycles. The van der Waals surface area contributed by atoms with Gasteiger partial charge in [0.25, 0.3) is 0 Å². The van der Waals surface area contributed by atoms with Gasteiger partial charge in [0.1, 0.15) is 0 Å². The zero-order chi connectivity index (χ0) is 10.2. The Morgan fingerprint density at radius 1 is 0.786 bits per heavy atom. The van der Waals surface area contributed by atoms with Gasteiger partial charge in [0.05, 0.1) is 0 Å². The average molecular weight is 186 g/mol. The number of rotatable bonds is 0. The van der Waals surface area contributed by atoms with Crippen molar-refractivity contribution in [1.82, 2.24) is 9.97 Å². The van der Waals surface area contributed by atoms with Crippen LogP contribution in [0.25, 0.3) is 0 Å². The number of hydrogen-bond donors (Lipinski definition) is 0. The van der Waals surface area contributed by atoms with Gasteiger partial charge in [-0.1, -0.05) is 35.4 Å². The summed E-state index contributed by atoms with van der Waals surface area (Å²) in [7, 11) is 0. The van der Waals surface area contributed by atoms with Crippen molar-refractivity contribution in [2.45, 2.75) is 13.8 Å². The normalized spacial score (nSPS) is 8.71. The quantitative estimate of drug-likeness (QED) is 0.632. The molecule has 0 N–H and O–H groups in total. The van der Waals surface area contributed by atoms with Crippen molar-refractivity contribution >= 4 is 0 Å². The molecule has 0 aliphatic carbocycles. The molecule has 0 fully saturated rings. The van der Waals surface area contributed by atoms with Crippen molar-refractivity contribution in [1.29, 1.82) is 0 Å². The molecule has 2 aromatic rings. The van der Waals surface area contributed by atoms with Crippen LogP contribution in [0, 0.1) is 13.8 Å². The summed E-state index contributed by atoms with van der Waals surface area (Å²) >= 11 is 0. The van der Waals surface area contributed by atoms with Crippen LogP contribution < -0.4 is 0 Å². The first kappa shape index (κ1) is 10.4. The summed E-state index contributed by atoms with van der Waals surface area (Å²) < 4.78 is 0. The molecule has 0 saturated heterocycles. The van der Waals surface area contributed by atoms with Crippen LogP contribution in [-0.4, -0.2) is 9.97 Å². The van der Waals surface area contributed by atoms with Crippen molar-refractivity contribution in [3.05, 3.63) is 60.2 Å². The molecule has 2 heteroatoms. The van der Waals surface area contributed by atoms with Crippen LogP contribution in [0.5, 0.6) is 0 Å². The predicted molar refractivity (Wildman–Crippen MR) is 57.9 cm³/mol. The zero-order valence-electron chi connectivity index (χ0n) is 8.51. The maximum Gasteiger partial charge on any atom is 0.0451 e. The fourth-order valence-corrected chi connectivity index (χ4v) is 1.06. The van der Waals surface area contributed by atoms with Gasteiger partial charge in [0, 0.05) is 24.8 Å². The summed E-state index contributed by atoms with van der Waals surface area (Å²) in [6.07, 6.45) is 6.56. The maximum absolute atomic E-state index is 3.72. The highest BCUT2D eigenvalue weighted by molar-refractivity contribution is 5.20. The Kier molecular flexibility index (Phi) is 4.35. The van der Waals surface area contributed by atoms with Gasteiger partial charge < -0.3 is 0 Å². The molecule has 0 spiro atoms. The summed E-state index contributed by atoms with van der Waals surface area (Å²) in [6, 6.07) is 8.45. The third-order valence-electron chi connectivity index (χ3n) is 1.65. The van der Waals surface area contributed by atoms with E-state index < -0.39 is 0 Å². The van der Waals surface area contributed by atoms with Gasteiger partial charge in [-0.25, -0.2) is 0 Å². The summed E-state index contributed by atoms with van der Waals surface area (Å²) in [6.45, 7) is 4.21. The van der Waals surface area contributed by atoms with Crippen LogP contribution in [0.15, 0.2) is 49.1 Å². The highest BCUT2D eigenvalue weighted by atomic mass is 14.7.